The third-order valence-corrected chi connectivity index (χ3v) is 3.59. The summed E-state index contributed by atoms with van der Waals surface area (Å²) in [6.45, 7) is 0. The Morgan fingerprint density at radius 3 is 2.92 bits per heavy atom. The van der Waals surface area contributed by atoms with Crippen molar-refractivity contribution < 1.29 is 0 Å². The first-order valence-electron chi connectivity index (χ1n) is 4.63. The molecular formula is C9H11N3S. The molecule has 3 nitrogen and oxygen atoms in total. The zero-order valence-corrected chi connectivity index (χ0v) is 8.10. The molecule has 0 radical (unpaired) electrons. The molecule has 1 aromatic rings. The quantitative estimate of drug-likeness (QED) is 0.688. The summed E-state index contributed by atoms with van der Waals surface area (Å²) in [7, 11) is 0. The molecule has 2 N–H and O–H groups in total. The van der Waals surface area contributed by atoms with Gasteiger partial charge in [-0.3, -0.25) is 0 Å². The van der Waals surface area contributed by atoms with Crippen LogP contribution in [0.25, 0.3) is 0 Å². The molecule has 1 aliphatic heterocycles. The van der Waals surface area contributed by atoms with Crippen LogP contribution in [0.15, 0.2) is 5.03 Å². The average molecular weight is 193 g/mol. The van der Waals surface area contributed by atoms with Crippen LogP contribution in [0.5, 0.6) is 0 Å². The second-order valence-corrected chi connectivity index (χ2v) is 4.71. The molecule has 4 heteroatoms. The number of rotatable bonds is 1. The van der Waals surface area contributed by atoms with Crippen molar-refractivity contribution in [3.8, 4) is 0 Å². The topological polar surface area (TPSA) is 51.8 Å². The Labute approximate surface area is 81.1 Å². The Kier molecular flexibility index (Phi) is 1.53. The maximum atomic E-state index is 5.66. The van der Waals surface area contributed by atoms with Gasteiger partial charge in [0.05, 0.1) is 5.69 Å². The van der Waals surface area contributed by atoms with E-state index < -0.39 is 0 Å². The molecule has 1 fully saturated rings. The van der Waals surface area contributed by atoms with Crippen molar-refractivity contribution in [3.05, 3.63) is 11.3 Å². The van der Waals surface area contributed by atoms with Gasteiger partial charge in [-0.25, -0.2) is 9.97 Å². The second kappa shape index (κ2) is 2.61. The summed E-state index contributed by atoms with van der Waals surface area (Å²) in [5.41, 5.74) is 8.28. The Bertz CT molecular complexity index is 360. The molecule has 1 aliphatic carbocycles. The fourth-order valence-corrected chi connectivity index (χ4v) is 2.83. The largest absolute Gasteiger partial charge is 0.368 e. The molecule has 0 atom stereocenters. The Balaban J connectivity index is 2.16. The molecular weight excluding hydrogens is 182 g/mol. The fraction of sp³-hybridized carbons (Fsp3) is 0.556. The molecule has 0 saturated heterocycles. The highest BCUT2D eigenvalue weighted by atomic mass is 32.2. The molecule has 0 unspecified atom stereocenters. The maximum Gasteiger partial charge on any atom is 0.221 e. The molecule has 1 saturated carbocycles. The summed E-state index contributed by atoms with van der Waals surface area (Å²) in [6.07, 6.45) is 3.70. The van der Waals surface area contributed by atoms with E-state index in [-0.39, 0.29) is 0 Å². The van der Waals surface area contributed by atoms with Crippen LogP contribution in [0.1, 0.15) is 30.0 Å². The van der Waals surface area contributed by atoms with Gasteiger partial charge in [-0.15, -0.1) is 11.8 Å². The van der Waals surface area contributed by atoms with Crippen LogP contribution in [0.4, 0.5) is 5.95 Å². The van der Waals surface area contributed by atoms with E-state index in [1.165, 1.54) is 24.1 Å². The van der Waals surface area contributed by atoms with Gasteiger partial charge in [0.25, 0.3) is 0 Å². The summed E-state index contributed by atoms with van der Waals surface area (Å²) in [5.74, 6) is 2.29. The summed E-state index contributed by atoms with van der Waals surface area (Å²) >= 11 is 1.81. The SMILES string of the molecule is Nc1nc2c(c(C3CC3)n1)CCS2. The van der Waals surface area contributed by atoms with Crippen molar-refractivity contribution in [2.45, 2.75) is 30.2 Å². The third kappa shape index (κ3) is 1.20. The van der Waals surface area contributed by atoms with Gasteiger partial charge in [0, 0.05) is 17.2 Å². The summed E-state index contributed by atoms with van der Waals surface area (Å²) in [5, 5.41) is 1.13. The van der Waals surface area contributed by atoms with Gasteiger partial charge in [-0.05, 0) is 19.3 Å². The molecule has 0 aromatic carbocycles. The standard InChI is InChI=1S/C9H11N3S/c10-9-11-7(5-1-2-5)6-3-4-13-8(6)12-9/h5H,1-4H2,(H2,10,11,12). The lowest BCUT2D eigenvalue weighted by atomic mass is 10.1. The van der Waals surface area contributed by atoms with Crippen LogP contribution in [0, 0.1) is 0 Å². The Hall–Kier alpha value is -0.770. The lowest BCUT2D eigenvalue weighted by Crippen LogP contribution is -2.03. The van der Waals surface area contributed by atoms with E-state index in [4.69, 9.17) is 5.73 Å². The predicted molar refractivity (Wildman–Crippen MR) is 52.8 cm³/mol. The van der Waals surface area contributed by atoms with Crippen LogP contribution < -0.4 is 5.73 Å². The van der Waals surface area contributed by atoms with E-state index in [0.29, 0.717) is 11.9 Å². The molecule has 68 valence electrons. The van der Waals surface area contributed by atoms with Crippen LogP contribution in [-0.2, 0) is 6.42 Å². The number of nitrogens with two attached hydrogens (primary N) is 1. The van der Waals surface area contributed by atoms with E-state index in [2.05, 4.69) is 9.97 Å². The molecule has 1 aromatic heterocycles. The minimum atomic E-state index is 0.454. The van der Waals surface area contributed by atoms with E-state index in [1.807, 2.05) is 11.8 Å². The predicted octanol–water partition coefficient (Wildman–Crippen LogP) is 1.58. The van der Waals surface area contributed by atoms with Gasteiger partial charge in [-0.1, -0.05) is 0 Å². The zero-order chi connectivity index (χ0) is 8.84. The normalized spacial score (nSPS) is 20.3. The van der Waals surface area contributed by atoms with Crippen LogP contribution in [0.3, 0.4) is 0 Å². The lowest BCUT2D eigenvalue weighted by molar-refractivity contribution is 0.895. The first-order chi connectivity index (χ1) is 6.34. The first-order valence-corrected chi connectivity index (χ1v) is 5.62. The van der Waals surface area contributed by atoms with Gasteiger partial charge in [0.15, 0.2) is 0 Å². The fourth-order valence-electron chi connectivity index (χ4n) is 1.80. The number of hydrogen-bond donors (Lipinski definition) is 1. The van der Waals surface area contributed by atoms with E-state index in [1.54, 1.807) is 0 Å². The van der Waals surface area contributed by atoms with Gasteiger partial charge in [0.1, 0.15) is 5.03 Å². The molecule has 0 amide bonds. The van der Waals surface area contributed by atoms with Gasteiger partial charge >= 0.3 is 0 Å². The van der Waals surface area contributed by atoms with E-state index in [9.17, 15) is 0 Å². The number of anilines is 1. The number of thioether (sulfide) groups is 1. The maximum absolute atomic E-state index is 5.66. The van der Waals surface area contributed by atoms with Crippen molar-refractivity contribution in [1.82, 2.24) is 9.97 Å². The summed E-state index contributed by atoms with van der Waals surface area (Å²) in [4.78, 5) is 8.61. The van der Waals surface area contributed by atoms with Gasteiger partial charge in [0.2, 0.25) is 5.95 Å². The van der Waals surface area contributed by atoms with Crippen molar-refractivity contribution in [2.75, 3.05) is 11.5 Å². The summed E-state index contributed by atoms with van der Waals surface area (Å²) < 4.78 is 0. The van der Waals surface area contributed by atoms with Gasteiger partial charge in [-0.2, -0.15) is 0 Å². The summed E-state index contributed by atoms with van der Waals surface area (Å²) in [6, 6.07) is 0. The average Bonchev–Trinajstić information content (AvgIpc) is 2.84. The van der Waals surface area contributed by atoms with Crippen molar-refractivity contribution in [3.63, 3.8) is 0 Å². The molecule has 0 spiro atoms. The third-order valence-electron chi connectivity index (χ3n) is 2.57. The molecule has 3 rings (SSSR count). The minimum Gasteiger partial charge on any atom is -0.368 e. The smallest absolute Gasteiger partial charge is 0.221 e. The molecule has 13 heavy (non-hydrogen) atoms. The molecule has 0 bridgehead atoms. The van der Waals surface area contributed by atoms with Crippen LogP contribution >= 0.6 is 11.8 Å². The van der Waals surface area contributed by atoms with Crippen molar-refractivity contribution in [1.29, 1.82) is 0 Å². The number of fused-ring (bicyclic) bond motifs is 1. The number of nitrogen functional groups attached to an aromatic ring is 1. The first kappa shape index (κ1) is 7.62. The van der Waals surface area contributed by atoms with Gasteiger partial charge < -0.3 is 5.73 Å². The van der Waals surface area contributed by atoms with E-state index >= 15 is 0 Å². The second-order valence-electron chi connectivity index (χ2n) is 3.62. The molecule has 2 heterocycles. The molecule has 2 aliphatic rings. The highest BCUT2D eigenvalue weighted by Gasteiger charge is 2.31. The zero-order valence-electron chi connectivity index (χ0n) is 7.29. The highest BCUT2D eigenvalue weighted by molar-refractivity contribution is 7.99. The lowest BCUT2D eigenvalue weighted by Gasteiger charge is -2.05. The number of aromatic nitrogens is 2. The minimum absolute atomic E-state index is 0.454. The Morgan fingerprint density at radius 1 is 1.31 bits per heavy atom. The number of nitrogens with zero attached hydrogens (tertiary/aromatic N) is 2. The number of hydrogen-bond acceptors (Lipinski definition) is 4. The van der Waals surface area contributed by atoms with Crippen LogP contribution in [0.2, 0.25) is 0 Å². The van der Waals surface area contributed by atoms with Crippen LogP contribution in [-0.4, -0.2) is 15.7 Å². The van der Waals surface area contributed by atoms with E-state index in [0.717, 1.165) is 17.2 Å². The van der Waals surface area contributed by atoms with Crippen molar-refractivity contribution in [2.24, 2.45) is 0 Å². The Morgan fingerprint density at radius 2 is 2.15 bits per heavy atom. The van der Waals surface area contributed by atoms with Crippen molar-refractivity contribution >= 4 is 17.7 Å². The monoisotopic (exact) mass is 193 g/mol. The highest BCUT2D eigenvalue weighted by Crippen LogP contribution is 2.44.